The highest BCUT2D eigenvalue weighted by Gasteiger charge is 2.56. The molecular weight excluding hydrogens is 682 g/mol. The van der Waals surface area contributed by atoms with E-state index in [1.807, 2.05) is 0 Å². The number of aliphatic hydroxyl groups is 11. The fraction of sp³-hybridized carbons (Fsp3) is 0.966. The Kier molecular flexibility index (Phi) is 15.1. The molecule has 21 heteroatoms. The summed E-state index contributed by atoms with van der Waals surface area (Å²) >= 11 is 0. The first-order valence-corrected chi connectivity index (χ1v) is 16.4. The van der Waals surface area contributed by atoms with E-state index in [0.717, 1.165) is 6.92 Å². The van der Waals surface area contributed by atoms with E-state index in [1.165, 1.54) is 6.92 Å². The van der Waals surface area contributed by atoms with Crippen molar-refractivity contribution in [1.29, 1.82) is 0 Å². The fourth-order valence-corrected chi connectivity index (χ4v) is 6.22. The Morgan fingerprint density at radius 3 is 1.68 bits per heavy atom. The van der Waals surface area contributed by atoms with Gasteiger partial charge in [-0.15, -0.1) is 0 Å². The second-order valence-corrected chi connectivity index (χ2v) is 12.7. The van der Waals surface area contributed by atoms with E-state index in [0.29, 0.717) is 6.42 Å². The zero-order chi connectivity index (χ0) is 37.0. The fourth-order valence-electron chi connectivity index (χ4n) is 6.22. The molecule has 0 aromatic rings. The number of carbonyl (C=O) groups is 1. The molecule has 20 atom stereocenters. The van der Waals surface area contributed by atoms with Gasteiger partial charge in [-0.25, -0.2) is 0 Å². The van der Waals surface area contributed by atoms with E-state index in [2.05, 4.69) is 5.32 Å². The summed E-state index contributed by atoms with van der Waals surface area (Å²) in [6.07, 6.45) is -30.7. The van der Waals surface area contributed by atoms with Gasteiger partial charge in [0, 0.05) is 13.5 Å². The Bertz CT molecular complexity index is 1060. The van der Waals surface area contributed by atoms with Crippen LogP contribution in [0.15, 0.2) is 0 Å². The zero-order valence-corrected chi connectivity index (χ0v) is 27.7. The number of hydrogen-bond acceptors (Lipinski definition) is 20. The topological polar surface area (TPSA) is 325 Å². The molecule has 0 spiro atoms. The van der Waals surface area contributed by atoms with Crippen molar-refractivity contribution < 1.29 is 98.9 Å². The third-order valence-electron chi connectivity index (χ3n) is 9.04. The van der Waals surface area contributed by atoms with Gasteiger partial charge in [-0.3, -0.25) is 4.79 Å². The van der Waals surface area contributed by atoms with Gasteiger partial charge in [0.1, 0.15) is 91.5 Å². The number of nitrogens with one attached hydrogen (secondary N) is 1. The van der Waals surface area contributed by atoms with Gasteiger partial charge in [0.05, 0.1) is 25.9 Å². The van der Waals surface area contributed by atoms with E-state index in [9.17, 15) is 61.0 Å². The van der Waals surface area contributed by atoms with Crippen molar-refractivity contribution in [3.8, 4) is 0 Å². The Morgan fingerprint density at radius 1 is 0.580 bits per heavy atom. The van der Waals surface area contributed by atoms with Gasteiger partial charge in [0.2, 0.25) is 5.91 Å². The van der Waals surface area contributed by atoms with Gasteiger partial charge >= 0.3 is 0 Å². The molecule has 4 heterocycles. The molecule has 0 bridgehead atoms. The lowest BCUT2D eigenvalue weighted by Gasteiger charge is -2.50. The third kappa shape index (κ3) is 8.90. The highest BCUT2D eigenvalue weighted by molar-refractivity contribution is 5.73. The van der Waals surface area contributed by atoms with Crippen LogP contribution in [0.25, 0.3) is 0 Å². The van der Waals surface area contributed by atoms with Crippen molar-refractivity contribution in [1.82, 2.24) is 5.32 Å². The van der Waals surface area contributed by atoms with Crippen LogP contribution in [-0.4, -0.2) is 211 Å². The predicted molar refractivity (Wildman–Crippen MR) is 158 cm³/mol. The number of ether oxygens (including phenoxy) is 8. The van der Waals surface area contributed by atoms with E-state index in [-0.39, 0.29) is 6.61 Å². The molecule has 21 nitrogen and oxygen atoms in total. The molecule has 0 saturated carbocycles. The van der Waals surface area contributed by atoms with Crippen LogP contribution in [0.4, 0.5) is 0 Å². The third-order valence-corrected chi connectivity index (χ3v) is 9.04. The van der Waals surface area contributed by atoms with E-state index in [4.69, 9.17) is 37.9 Å². The van der Waals surface area contributed by atoms with Crippen molar-refractivity contribution in [2.24, 2.45) is 0 Å². The highest BCUT2D eigenvalue weighted by Crippen LogP contribution is 2.35. The molecule has 0 unspecified atom stereocenters. The van der Waals surface area contributed by atoms with E-state index in [1.54, 1.807) is 6.92 Å². The maximum absolute atomic E-state index is 12.5. The molecule has 0 aliphatic carbocycles. The molecule has 12 N–H and O–H groups in total. The highest BCUT2D eigenvalue weighted by atomic mass is 16.8. The van der Waals surface area contributed by atoms with Crippen LogP contribution in [0.2, 0.25) is 0 Å². The average molecular weight is 734 g/mol. The SMILES string of the molecule is CCCO[C@H]1O[C@H](CO)[C@H](O)[C@H](O[C@@H]2O[C@H](CO)[C@H](O)[C@H](O[C@@H]3O[C@H](CO)[C@H](O)[C@H](O)[C@H]3O[C@@H]3O[C@@H](C)[C@@H](O)[C@@H](O)[C@@H]3O)[C@H]2NC(C)=O)[C@H]1O. The summed E-state index contributed by atoms with van der Waals surface area (Å²) in [5, 5.41) is 118. The lowest BCUT2D eigenvalue weighted by atomic mass is 9.94. The minimum Gasteiger partial charge on any atom is -0.394 e. The molecule has 4 saturated heterocycles. The number of rotatable bonds is 13. The minimum absolute atomic E-state index is 0.132. The van der Waals surface area contributed by atoms with Gasteiger partial charge < -0.3 is 99.4 Å². The molecule has 292 valence electrons. The number of hydrogen-bond donors (Lipinski definition) is 12. The number of amides is 1. The molecule has 4 rings (SSSR count). The van der Waals surface area contributed by atoms with Crippen LogP contribution in [-0.2, 0) is 42.7 Å². The summed E-state index contributed by atoms with van der Waals surface area (Å²) in [5.41, 5.74) is 0. The van der Waals surface area contributed by atoms with Crippen LogP contribution in [0.5, 0.6) is 0 Å². The first kappa shape index (κ1) is 41.5. The summed E-state index contributed by atoms with van der Waals surface area (Å²) < 4.78 is 45.7. The average Bonchev–Trinajstić information content (AvgIpc) is 3.09. The molecule has 4 aliphatic rings. The molecule has 4 fully saturated rings. The van der Waals surface area contributed by atoms with Crippen molar-refractivity contribution in [2.75, 3.05) is 26.4 Å². The molecule has 4 aliphatic heterocycles. The summed E-state index contributed by atoms with van der Waals surface area (Å²) in [6.45, 7) is 1.97. The number of carbonyl (C=O) groups excluding carboxylic acids is 1. The normalized spacial score (nSPS) is 48.7. The van der Waals surface area contributed by atoms with E-state index < -0.39 is 148 Å². The van der Waals surface area contributed by atoms with Gasteiger partial charge in [0.15, 0.2) is 25.2 Å². The Hall–Kier alpha value is -1.29. The summed E-state index contributed by atoms with van der Waals surface area (Å²) in [7, 11) is 0. The monoisotopic (exact) mass is 733 g/mol. The first-order chi connectivity index (χ1) is 23.7. The Balaban J connectivity index is 1.66. The van der Waals surface area contributed by atoms with Crippen molar-refractivity contribution in [2.45, 2.75) is 150 Å². The van der Waals surface area contributed by atoms with Crippen molar-refractivity contribution in [3.63, 3.8) is 0 Å². The van der Waals surface area contributed by atoms with Crippen LogP contribution < -0.4 is 5.32 Å². The Morgan fingerprint density at radius 2 is 1.10 bits per heavy atom. The Labute approximate surface area is 286 Å². The maximum Gasteiger partial charge on any atom is 0.217 e. The molecule has 50 heavy (non-hydrogen) atoms. The molecular formula is C29H51NO20. The van der Waals surface area contributed by atoms with E-state index >= 15 is 0 Å². The van der Waals surface area contributed by atoms with Gasteiger partial charge in [-0.1, -0.05) is 6.92 Å². The van der Waals surface area contributed by atoms with Crippen LogP contribution in [0.3, 0.4) is 0 Å². The second kappa shape index (κ2) is 18.2. The maximum atomic E-state index is 12.5. The zero-order valence-electron chi connectivity index (χ0n) is 27.7. The van der Waals surface area contributed by atoms with Gasteiger partial charge in [0.25, 0.3) is 0 Å². The number of aliphatic hydroxyl groups excluding tert-OH is 11. The van der Waals surface area contributed by atoms with Gasteiger partial charge in [-0.05, 0) is 13.3 Å². The largest absolute Gasteiger partial charge is 0.394 e. The quantitative estimate of drug-likeness (QED) is 0.0836. The molecule has 0 aromatic carbocycles. The lowest BCUT2D eigenvalue weighted by molar-refractivity contribution is -0.386. The summed E-state index contributed by atoms with van der Waals surface area (Å²) in [6, 6.07) is -1.55. The van der Waals surface area contributed by atoms with Crippen LogP contribution in [0, 0.1) is 0 Å². The van der Waals surface area contributed by atoms with Crippen molar-refractivity contribution in [3.05, 3.63) is 0 Å². The standard InChI is InChI=1S/C29H51NO20/c1-4-5-43-27-22(42)24(18(38)13(8-33)46-27)49-26-14(30-10(3)34)23(17(37)12(7-32)45-26)48-29-25(20(40)16(36)11(6-31)47-29)50-28-21(41)19(39)15(35)9(2)44-28/h9,11-29,31-33,35-42H,4-8H2,1-3H3,(H,30,34)/t9-,11+,12+,13+,14+,15+,16-,17-,18-,19+,20-,21-,22+,23+,24-,25+,26-,27-,28-,29-/m0/s1. The first-order valence-electron chi connectivity index (χ1n) is 16.4. The lowest BCUT2D eigenvalue weighted by Crippen LogP contribution is -2.70. The molecule has 0 aromatic heterocycles. The summed E-state index contributed by atoms with van der Waals surface area (Å²) in [4.78, 5) is 12.5. The summed E-state index contributed by atoms with van der Waals surface area (Å²) in [5.74, 6) is -0.720. The smallest absolute Gasteiger partial charge is 0.217 e. The minimum atomic E-state index is -1.93. The van der Waals surface area contributed by atoms with Crippen LogP contribution >= 0.6 is 0 Å². The molecule has 1 amide bonds. The second-order valence-electron chi connectivity index (χ2n) is 12.7. The molecule has 0 radical (unpaired) electrons. The van der Waals surface area contributed by atoms with Crippen molar-refractivity contribution >= 4 is 5.91 Å². The van der Waals surface area contributed by atoms with Crippen LogP contribution in [0.1, 0.15) is 27.2 Å². The predicted octanol–water partition coefficient (Wildman–Crippen LogP) is -7.14. The van der Waals surface area contributed by atoms with Gasteiger partial charge in [-0.2, -0.15) is 0 Å².